The van der Waals surface area contributed by atoms with Gasteiger partial charge in [0.05, 0.1) is 0 Å². The Balaban J connectivity index is 2.56. The molecule has 1 aromatic carbocycles. The summed E-state index contributed by atoms with van der Waals surface area (Å²) in [5, 5.41) is 0. The fourth-order valence-corrected chi connectivity index (χ4v) is 2.59. The van der Waals surface area contributed by atoms with E-state index in [0.717, 1.165) is 22.3 Å². The molecule has 116 valence electrons. The van der Waals surface area contributed by atoms with E-state index in [-0.39, 0.29) is 16.6 Å². The van der Waals surface area contributed by atoms with E-state index in [1.54, 1.807) is 0 Å². The van der Waals surface area contributed by atoms with Crippen LogP contribution < -0.4 is 0 Å². The van der Waals surface area contributed by atoms with Crippen molar-refractivity contribution in [2.45, 2.75) is 41.5 Å². The number of hydrogen-bond donors (Lipinski definition) is 0. The molecular formula is C21H26O. The van der Waals surface area contributed by atoms with E-state index in [4.69, 9.17) is 0 Å². The first-order chi connectivity index (χ1) is 10.1. The zero-order valence-electron chi connectivity index (χ0n) is 14.5. The summed E-state index contributed by atoms with van der Waals surface area (Å²) in [6.45, 7) is 12.6. The molecule has 0 atom stereocenters. The van der Waals surface area contributed by atoms with Gasteiger partial charge in [0.1, 0.15) is 0 Å². The largest absolute Gasteiger partial charge is 0.289 e. The molecule has 22 heavy (non-hydrogen) atoms. The minimum Gasteiger partial charge on any atom is -0.289 e. The molecule has 1 aliphatic rings. The summed E-state index contributed by atoms with van der Waals surface area (Å²) in [4.78, 5) is 12.9. The Morgan fingerprint density at radius 2 is 1.23 bits per heavy atom. The lowest BCUT2D eigenvalue weighted by Crippen LogP contribution is -2.27. The van der Waals surface area contributed by atoms with Gasteiger partial charge in [0.25, 0.3) is 0 Å². The molecule has 0 spiro atoms. The molecule has 0 bridgehead atoms. The molecule has 1 heteroatoms. The maximum Gasteiger partial charge on any atom is 0.186 e. The van der Waals surface area contributed by atoms with Crippen LogP contribution in [-0.2, 0) is 4.79 Å². The molecule has 1 aliphatic carbocycles. The normalized spacial score (nSPS) is 16.3. The van der Waals surface area contributed by atoms with Crippen LogP contribution in [0.25, 0.3) is 6.08 Å². The summed E-state index contributed by atoms with van der Waals surface area (Å²) in [5.41, 5.74) is 3.72. The van der Waals surface area contributed by atoms with E-state index in [2.05, 4.69) is 59.8 Å². The van der Waals surface area contributed by atoms with Gasteiger partial charge >= 0.3 is 0 Å². The summed E-state index contributed by atoms with van der Waals surface area (Å²) in [6, 6.07) is 10.2. The van der Waals surface area contributed by atoms with Crippen LogP contribution in [0.15, 0.2) is 59.2 Å². The van der Waals surface area contributed by atoms with Gasteiger partial charge in [0, 0.05) is 11.1 Å². The maximum absolute atomic E-state index is 12.9. The molecule has 0 amide bonds. The number of hydrogen-bond acceptors (Lipinski definition) is 1. The van der Waals surface area contributed by atoms with E-state index in [1.807, 2.05) is 30.4 Å². The lowest BCUT2D eigenvalue weighted by atomic mass is 9.72. The minimum atomic E-state index is -0.155. The van der Waals surface area contributed by atoms with Gasteiger partial charge < -0.3 is 0 Å². The Bertz CT molecular complexity index is 620. The van der Waals surface area contributed by atoms with Crippen molar-refractivity contribution in [1.82, 2.24) is 0 Å². The zero-order chi connectivity index (χ0) is 16.5. The lowest BCUT2D eigenvalue weighted by Gasteiger charge is -2.31. The Morgan fingerprint density at radius 3 is 1.64 bits per heavy atom. The Hall–Kier alpha value is -1.89. The highest BCUT2D eigenvalue weighted by Gasteiger charge is 2.33. The van der Waals surface area contributed by atoms with Crippen LogP contribution in [0.1, 0.15) is 47.1 Å². The molecule has 1 aromatic rings. The van der Waals surface area contributed by atoms with Gasteiger partial charge in [-0.15, -0.1) is 0 Å². The highest BCUT2D eigenvalue weighted by atomic mass is 16.1. The summed E-state index contributed by atoms with van der Waals surface area (Å²) in [6.07, 6.45) is 6.24. The highest BCUT2D eigenvalue weighted by Crippen LogP contribution is 2.39. The molecule has 0 aromatic heterocycles. The minimum absolute atomic E-state index is 0.155. The Labute approximate surface area is 134 Å². The van der Waals surface area contributed by atoms with Crippen molar-refractivity contribution in [3.8, 4) is 0 Å². The van der Waals surface area contributed by atoms with Crippen LogP contribution in [0.2, 0.25) is 0 Å². The van der Waals surface area contributed by atoms with Crippen LogP contribution in [0.5, 0.6) is 0 Å². The average molecular weight is 294 g/mol. The fraction of sp³-hybridized carbons (Fsp3) is 0.381. The Morgan fingerprint density at radius 1 is 0.773 bits per heavy atom. The van der Waals surface area contributed by atoms with E-state index in [9.17, 15) is 4.79 Å². The van der Waals surface area contributed by atoms with Gasteiger partial charge in [-0.25, -0.2) is 0 Å². The molecule has 0 fully saturated rings. The average Bonchev–Trinajstić information content (AvgIpc) is 2.39. The molecular weight excluding hydrogens is 268 g/mol. The number of carbonyl (C=O) groups is 1. The monoisotopic (exact) mass is 294 g/mol. The molecule has 0 radical (unpaired) electrons. The first-order valence-corrected chi connectivity index (χ1v) is 7.85. The standard InChI is InChI=1S/C21H26O/c1-20(2,3)17-13-16(12-15-10-8-7-9-11-15)14-18(19(17)22)21(4,5)6/h7-14H,1-6H3. The second-order valence-corrected chi connectivity index (χ2v) is 8.00. The quantitative estimate of drug-likeness (QED) is 0.659. The van der Waals surface area contributed by atoms with Crippen LogP contribution in [0.4, 0.5) is 0 Å². The molecule has 0 saturated heterocycles. The number of ketones is 1. The summed E-state index contributed by atoms with van der Waals surface area (Å²) >= 11 is 0. The van der Waals surface area contributed by atoms with E-state index >= 15 is 0 Å². The first kappa shape index (κ1) is 16.5. The van der Waals surface area contributed by atoms with Gasteiger partial charge in [-0.2, -0.15) is 0 Å². The van der Waals surface area contributed by atoms with E-state index < -0.39 is 0 Å². The van der Waals surface area contributed by atoms with Gasteiger partial charge in [-0.1, -0.05) is 71.9 Å². The lowest BCUT2D eigenvalue weighted by molar-refractivity contribution is -0.114. The fourth-order valence-electron chi connectivity index (χ4n) is 2.59. The van der Waals surface area contributed by atoms with Crippen LogP contribution in [0.3, 0.4) is 0 Å². The second-order valence-electron chi connectivity index (χ2n) is 8.00. The number of rotatable bonds is 1. The summed E-state index contributed by atoms with van der Waals surface area (Å²) in [5.74, 6) is 0.185. The van der Waals surface area contributed by atoms with Crippen LogP contribution in [0, 0.1) is 10.8 Å². The predicted molar refractivity (Wildman–Crippen MR) is 94.5 cm³/mol. The summed E-state index contributed by atoms with van der Waals surface area (Å²) in [7, 11) is 0. The van der Waals surface area contributed by atoms with Crippen molar-refractivity contribution >= 4 is 11.9 Å². The SMILES string of the molecule is CC(C)(C)C1=CC(=Cc2ccccc2)C=C(C(C)(C)C)C1=O. The molecule has 2 rings (SSSR count). The van der Waals surface area contributed by atoms with Gasteiger partial charge in [-0.05, 0) is 40.2 Å². The topological polar surface area (TPSA) is 17.1 Å². The number of allylic oxidation sites excluding steroid dienone is 5. The number of carbonyl (C=O) groups excluding carboxylic acids is 1. The third-order valence-electron chi connectivity index (χ3n) is 3.86. The van der Waals surface area contributed by atoms with Crippen LogP contribution >= 0.6 is 0 Å². The van der Waals surface area contributed by atoms with Gasteiger partial charge in [0.2, 0.25) is 0 Å². The molecule has 0 heterocycles. The highest BCUT2D eigenvalue weighted by molar-refractivity contribution is 6.12. The zero-order valence-corrected chi connectivity index (χ0v) is 14.5. The van der Waals surface area contributed by atoms with Crippen molar-refractivity contribution in [2.75, 3.05) is 0 Å². The van der Waals surface area contributed by atoms with Crippen molar-refractivity contribution < 1.29 is 4.79 Å². The Kier molecular flexibility index (Phi) is 4.28. The maximum atomic E-state index is 12.9. The predicted octanol–water partition coefficient (Wildman–Crippen LogP) is 5.60. The molecule has 0 N–H and O–H groups in total. The first-order valence-electron chi connectivity index (χ1n) is 7.85. The van der Waals surface area contributed by atoms with Gasteiger partial charge in [0.15, 0.2) is 5.78 Å². The molecule has 1 nitrogen and oxygen atoms in total. The summed E-state index contributed by atoms with van der Waals surface area (Å²) < 4.78 is 0. The van der Waals surface area contributed by atoms with Crippen molar-refractivity contribution in [2.24, 2.45) is 10.8 Å². The number of benzene rings is 1. The third kappa shape index (κ3) is 3.65. The molecule has 0 aliphatic heterocycles. The van der Waals surface area contributed by atoms with Gasteiger partial charge in [-0.3, -0.25) is 4.79 Å². The number of Topliss-reactive ketones (excluding diaryl/α,β-unsaturated/α-hetero) is 1. The van der Waals surface area contributed by atoms with E-state index in [1.165, 1.54) is 0 Å². The third-order valence-corrected chi connectivity index (χ3v) is 3.86. The molecule has 0 saturated carbocycles. The molecule has 0 unspecified atom stereocenters. The van der Waals surface area contributed by atoms with Crippen molar-refractivity contribution in [3.05, 3.63) is 64.8 Å². The second kappa shape index (κ2) is 5.72. The smallest absolute Gasteiger partial charge is 0.186 e. The van der Waals surface area contributed by atoms with Crippen LogP contribution in [-0.4, -0.2) is 5.78 Å². The van der Waals surface area contributed by atoms with E-state index in [0.29, 0.717) is 0 Å². The van der Waals surface area contributed by atoms with Crippen molar-refractivity contribution in [3.63, 3.8) is 0 Å². The van der Waals surface area contributed by atoms with Crippen molar-refractivity contribution in [1.29, 1.82) is 0 Å².